The number of aryl methyl sites for hydroxylation is 1. The molecule has 2 bridgehead atoms. The number of amides is 1. The van der Waals surface area contributed by atoms with E-state index in [1.54, 1.807) is 11.1 Å². The minimum Gasteiger partial charge on any atom is -0.444 e. The number of Topliss-reactive ketones (excluding diaryl/α,β-unsaturated/α-hetero) is 1. The molecule has 6 heteroatoms. The molecule has 1 aromatic heterocycles. The van der Waals surface area contributed by atoms with Crippen molar-refractivity contribution in [2.24, 2.45) is 5.92 Å². The van der Waals surface area contributed by atoms with Crippen molar-refractivity contribution in [3.63, 3.8) is 0 Å². The number of ketones is 1. The van der Waals surface area contributed by atoms with Crippen molar-refractivity contribution < 1.29 is 19.1 Å². The zero-order chi connectivity index (χ0) is 20.8. The van der Waals surface area contributed by atoms with Gasteiger partial charge in [0.2, 0.25) is 0 Å². The molecule has 0 aliphatic carbocycles. The Labute approximate surface area is 171 Å². The summed E-state index contributed by atoms with van der Waals surface area (Å²) in [6, 6.07) is 7.51. The van der Waals surface area contributed by atoms with Crippen molar-refractivity contribution in [2.45, 2.75) is 58.2 Å². The van der Waals surface area contributed by atoms with E-state index in [-0.39, 0.29) is 29.9 Å². The van der Waals surface area contributed by atoms with Crippen LogP contribution in [0.2, 0.25) is 0 Å². The first-order valence-electron chi connectivity index (χ1n) is 10.2. The Balaban J connectivity index is 1.57. The summed E-state index contributed by atoms with van der Waals surface area (Å²) in [6.45, 7) is 8.44. The Morgan fingerprint density at radius 2 is 1.83 bits per heavy atom. The maximum atomic E-state index is 13.4. The lowest BCUT2D eigenvalue weighted by molar-refractivity contribution is -0.0861. The van der Waals surface area contributed by atoms with Crippen LogP contribution in [-0.2, 0) is 9.47 Å². The Bertz CT molecular complexity index is 936. The first kappa shape index (κ1) is 19.8. The highest BCUT2D eigenvalue weighted by molar-refractivity contribution is 6.03. The lowest BCUT2D eigenvalue weighted by Crippen LogP contribution is -2.60. The second-order valence-corrected chi connectivity index (χ2v) is 9.08. The van der Waals surface area contributed by atoms with Crippen LogP contribution in [0, 0.1) is 12.8 Å². The van der Waals surface area contributed by atoms with Crippen molar-refractivity contribution in [3.05, 3.63) is 41.6 Å². The van der Waals surface area contributed by atoms with Crippen molar-refractivity contribution >= 4 is 22.8 Å². The summed E-state index contributed by atoms with van der Waals surface area (Å²) < 4.78 is 11.3. The quantitative estimate of drug-likeness (QED) is 0.714. The smallest absolute Gasteiger partial charge is 0.410 e. The summed E-state index contributed by atoms with van der Waals surface area (Å²) in [6.07, 6.45) is 2.63. The van der Waals surface area contributed by atoms with Gasteiger partial charge in [-0.25, -0.2) is 4.79 Å². The maximum absolute atomic E-state index is 13.4. The SMILES string of the molecule is Cc1c(C(=O)C2CC3COCC(C2)N3C(=O)OC(C)(C)C)ccc2cccnc12. The maximum Gasteiger partial charge on any atom is 0.410 e. The first-order chi connectivity index (χ1) is 13.7. The molecule has 0 radical (unpaired) electrons. The minimum absolute atomic E-state index is 0.132. The fraction of sp³-hybridized carbons (Fsp3) is 0.522. The van der Waals surface area contributed by atoms with E-state index in [9.17, 15) is 9.59 Å². The fourth-order valence-electron chi connectivity index (χ4n) is 4.52. The second-order valence-electron chi connectivity index (χ2n) is 9.08. The number of pyridine rings is 1. The van der Waals surface area contributed by atoms with Gasteiger partial charge in [-0.1, -0.05) is 18.2 Å². The number of piperidine rings is 1. The number of hydrogen-bond donors (Lipinski definition) is 0. The third-order valence-corrected chi connectivity index (χ3v) is 5.79. The van der Waals surface area contributed by atoms with E-state index in [1.165, 1.54) is 0 Å². The van der Waals surface area contributed by atoms with Gasteiger partial charge in [0.05, 0.1) is 30.8 Å². The molecular formula is C23H28N2O4. The molecule has 29 heavy (non-hydrogen) atoms. The van der Waals surface area contributed by atoms with Crippen LogP contribution in [0.4, 0.5) is 4.79 Å². The van der Waals surface area contributed by atoms with E-state index >= 15 is 0 Å². The third-order valence-electron chi connectivity index (χ3n) is 5.79. The number of benzene rings is 1. The van der Waals surface area contributed by atoms with Crippen LogP contribution >= 0.6 is 0 Å². The normalized spacial score (nSPS) is 24.4. The monoisotopic (exact) mass is 396 g/mol. The number of carbonyl (C=O) groups is 2. The summed E-state index contributed by atoms with van der Waals surface area (Å²) in [5.41, 5.74) is 1.97. The van der Waals surface area contributed by atoms with Gasteiger partial charge in [-0.05, 0) is 52.2 Å². The van der Waals surface area contributed by atoms with Crippen molar-refractivity contribution in [2.75, 3.05) is 13.2 Å². The van der Waals surface area contributed by atoms with Gasteiger partial charge >= 0.3 is 6.09 Å². The van der Waals surface area contributed by atoms with Crippen LogP contribution in [0.1, 0.15) is 49.5 Å². The molecule has 2 fully saturated rings. The molecule has 2 aromatic rings. The average Bonchev–Trinajstić information content (AvgIpc) is 2.65. The molecule has 1 amide bonds. The highest BCUT2D eigenvalue weighted by atomic mass is 16.6. The van der Waals surface area contributed by atoms with Crippen LogP contribution in [-0.4, -0.2) is 52.7 Å². The molecule has 154 valence electrons. The molecule has 6 nitrogen and oxygen atoms in total. The summed E-state index contributed by atoms with van der Waals surface area (Å²) in [7, 11) is 0. The molecule has 3 heterocycles. The van der Waals surface area contributed by atoms with Crippen molar-refractivity contribution in [1.82, 2.24) is 9.88 Å². The zero-order valence-electron chi connectivity index (χ0n) is 17.5. The number of aromatic nitrogens is 1. The number of fused-ring (bicyclic) bond motifs is 3. The van der Waals surface area contributed by atoms with Crippen LogP contribution in [0.5, 0.6) is 0 Å². The minimum atomic E-state index is -0.548. The number of hydrogen-bond acceptors (Lipinski definition) is 5. The number of rotatable bonds is 2. The van der Waals surface area contributed by atoms with Gasteiger partial charge in [-0.15, -0.1) is 0 Å². The summed E-state index contributed by atoms with van der Waals surface area (Å²) in [4.78, 5) is 32.4. The Kier molecular flexibility index (Phi) is 5.07. The topological polar surface area (TPSA) is 68.7 Å². The molecule has 2 aliphatic rings. The molecule has 1 aromatic carbocycles. The predicted octanol–water partition coefficient (Wildman–Crippen LogP) is 4.14. The Morgan fingerprint density at radius 3 is 2.48 bits per heavy atom. The molecule has 0 saturated carbocycles. The van der Waals surface area contributed by atoms with Gasteiger partial charge in [0.1, 0.15) is 5.60 Å². The summed E-state index contributed by atoms with van der Waals surface area (Å²) >= 11 is 0. The number of carbonyl (C=O) groups excluding carboxylic acids is 2. The Morgan fingerprint density at radius 1 is 1.14 bits per heavy atom. The standard InChI is InChI=1S/C23H28N2O4/c1-14-19(8-7-15-6-5-9-24-20(14)15)21(26)16-10-17-12-28-13-18(11-16)25(17)22(27)29-23(2,3)4/h5-9,16-18H,10-13H2,1-4H3. The van der Waals surface area contributed by atoms with E-state index in [0.29, 0.717) is 26.1 Å². The van der Waals surface area contributed by atoms with E-state index in [4.69, 9.17) is 9.47 Å². The van der Waals surface area contributed by atoms with Gasteiger partial charge in [-0.3, -0.25) is 14.7 Å². The number of nitrogens with zero attached hydrogens (tertiary/aromatic N) is 2. The first-order valence-corrected chi connectivity index (χ1v) is 10.2. The average molecular weight is 396 g/mol. The van der Waals surface area contributed by atoms with Gasteiger partial charge in [-0.2, -0.15) is 0 Å². The summed E-state index contributed by atoms with van der Waals surface area (Å²) in [5, 5.41) is 1.03. The van der Waals surface area contributed by atoms with Gasteiger partial charge in [0, 0.05) is 23.1 Å². The van der Waals surface area contributed by atoms with E-state index in [2.05, 4.69) is 4.98 Å². The zero-order valence-corrected chi connectivity index (χ0v) is 17.5. The van der Waals surface area contributed by atoms with E-state index < -0.39 is 5.60 Å². The second kappa shape index (κ2) is 7.41. The van der Waals surface area contributed by atoms with Crippen LogP contribution in [0.25, 0.3) is 10.9 Å². The van der Waals surface area contributed by atoms with Crippen LogP contribution < -0.4 is 0 Å². The highest BCUT2D eigenvalue weighted by Gasteiger charge is 2.45. The third kappa shape index (κ3) is 3.86. The molecule has 0 spiro atoms. The van der Waals surface area contributed by atoms with Crippen LogP contribution in [0.3, 0.4) is 0 Å². The number of morpholine rings is 1. The van der Waals surface area contributed by atoms with Gasteiger partial charge in [0.15, 0.2) is 5.78 Å². The molecular weight excluding hydrogens is 368 g/mol. The van der Waals surface area contributed by atoms with E-state index in [1.807, 2.05) is 52.0 Å². The van der Waals surface area contributed by atoms with Crippen LogP contribution in [0.15, 0.2) is 30.5 Å². The lowest BCUT2D eigenvalue weighted by atomic mass is 9.80. The van der Waals surface area contributed by atoms with Gasteiger partial charge in [0.25, 0.3) is 0 Å². The van der Waals surface area contributed by atoms with E-state index in [0.717, 1.165) is 22.0 Å². The highest BCUT2D eigenvalue weighted by Crippen LogP contribution is 2.35. The Hall–Kier alpha value is -2.47. The molecule has 2 saturated heterocycles. The van der Waals surface area contributed by atoms with Crippen molar-refractivity contribution in [1.29, 1.82) is 0 Å². The molecule has 2 aliphatic heterocycles. The molecule has 2 atom stereocenters. The molecule has 0 N–H and O–H groups in total. The van der Waals surface area contributed by atoms with Gasteiger partial charge < -0.3 is 9.47 Å². The lowest BCUT2D eigenvalue weighted by Gasteiger charge is -2.47. The number of ether oxygens (including phenoxy) is 2. The molecule has 2 unspecified atom stereocenters. The largest absolute Gasteiger partial charge is 0.444 e. The predicted molar refractivity (Wildman–Crippen MR) is 110 cm³/mol. The van der Waals surface area contributed by atoms with Crippen molar-refractivity contribution in [3.8, 4) is 0 Å². The summed E-state index contributed by atoms with van der Waals surface area (Å²) in [5.74, 6) is 0.00300. The molecule has 4 rings (SSSR count). The fourth-order valence-corrected chi connectivity index (χ4v) is 4.52.